The molecule has 1 atom stereocenters. The molecule has 0 aromatic rings. The second-order valence-electron chi connectivity index (χ2n) is 5.41. The van der Waals surface area contributed by atoms with Gasteiger partial charge in [-0.05, 0) is 39.2 Å². The number of rotatable bonds is 4. The number of ketones is 1. The molecule has 15 heavy (non-hydrogen) atoms. The van der Waals surface area contributed by atoms with E-state index in [0.29, 0.717) is 17.9 Å². The normalized spacial score (nSPS) is 21.3. The van der Waals surface area contributed by atoms with Crippen LogP contribution in [0.4, 0.5) is 0 Å². The lowest BCUT2D eigenvalue weighted by Gasteiger charge is -2.35. The number of carbonyl (C=O) groups excluding carboxylic acids is 1. The minimum atomic E-state index is 0.455. The molecule has 2 heteroatoms. The minimum Gasteiger partial charge on any atom is -0.301 e. The Morgan fingerprint density at radius 3 is 2.27 bits per heavy atom. The Balaban J connectivity index is 2.38. The lowest BCUT2D eigenvalue weighted by atomic mass is 9.91. The van der Waals surface area contributed by atoms with E-state index in [-0.39, 0.29) is 0 Å². The average molecular weight is 211 g/mol. The first-order chi connectivity index (χ1) is 7.00. The molecule has 0 amide bonds. The minimum absolute atomic E-state index is 0.455. The van der Waals surface area contributed by atoms with Crippen molar-refractivity contribution in [3.8, 4) is 0 Å². The van der Waals surface area contributed by atoms with E-state index in [1.54, 1.807) is 0 Å². The highest BCUT2D eigenvalue weighted by Gasteiger charge is 2.25. The summed E-state index contributed by atoms with van der Waals surface area (Å²) in [6.45, 7) is 6.85. The molecule has 1 saturated carbocycles. The maximum absolute atomic E-state index is 11.2. The first-order valence-corrected chi connectivity index (χ1v) is 6.24. The fourth-order valence-corrected chi connectivity index (χ4v) is 2.54. The molecule has 0 spiro atoms. The molecule has 0 aliphatic heterocycles. The smallest absolute Gasteiger partial charge is 0.133 e. The van der Waals surface area contributed by atoms with E-state index < -0.39 is 0 Å². The molecule has 1 aliphatic carbocycles. The van der Waals surface area contributed by atoms with Gasteiger partial charge in [-0.1, -0.05) is 13.8 Å². The van der Waals surface area contributed by atoms with E-state index in [2.05, 4.69) is 32.7 Å². The van der Waals surface area contributed by atoms with Gasteiger partial charge >= 0.3 is 0 Å². The number of carbonyl (C=O) groups is 1. The second-order valence-corrected chi connectivity index (χ2v) is 5.41. The Bertz CT molecular complexity index is 203. The van der Waals surface area contributed by atoms with Crippen LogP contribution in [0.15, 0.2) is 0 Å². The number of hydrogen-bond acceptors (Lipinski definition) is 2. The summed E-state index contributed by atoms with van der Waals surface area (Å²) >= 11 is 0. The van der Waals surface area contributed by atoms with Crippen molar-refractivity contribution in [3.63, 3.8) is 0 Å². The molecule has 1 rings (SSSR count). The summed E-state index contributed by atoms with van der Waals surface area (Å²) in [5.41, 5.74) is 0. The van der Waals surface area contributed by atoms with E-state index in [4.69, 9.17) is 0 Å². The lowest BCUT2D eigenvalue weighted by Crippen LogP contribution is -2.41. The van der Waals surface area contributed by atoms with Gasteiger partial charge in [0.2, 0.25) is 0 Å². The van der Waals surface area contributed by atoms with Crippen molar-refractivity contribution in [2.75, 3.05) is 7.05 Å². The van der Waals surface area contributed by atoms with Gasteiger partial charge in [-0.3, -0.25) is 4.79 Å². The van der Waals surface area contributed by atoms with Crippen LogP contribution < -0.4 is 0 Å². The van der Waals surface area contributed by atoms with Crippen molar-refractivity contribution < 1.29 is 4.79 Å². The molecular formula is C13H25NO. The van der Waals surface area contributed by atoms with Gasteiger partial charge in [-0.25, -0.2) is 0 Å². The molecule has 0 radical (unpaired) electrons. The van der Waals surface area contributed by atoms with Crippen LogP contribution >= 0.6 is 0 Å². The molecule has 0 N–H and O–H groups in total. The predicted molar refractivity (Wildman–Crippen MR) is 63.9 cm³/mol. The summed E-state index contributed by atoms with van der Waals surface area (Å²) in [5, 5.41) is 0. The molecule has 0 aromatic heterocycles. The third-order valence-electron chi connectivity index (χ3n) is 3.60. The fraction of sp³-hybridized carbons (Fsp3) is 0.923. The Labute approximate surface area is 94.0 Å². The lowest BCUT2D eigenvalue weighted by molar-refractivity contribution is -0.121. The van der Waals surface area contributed by atoms with E-state index in [1.165, 1.54) is 6.42 Å². The Hall–Kier alpha value is -0.370. The first kappa shape index (κ1) is 12.7. The fourth-order valence-electron chi connectivity index (χ4n) is 2.54. The van der Waals surface area contributed by atoms with Gasteiger partial charge in [0, 0.05) is 24.9 Å². The highest BCUT2D eigenvalue weighted by Crippen LogP contribution is 2.22. The van der Waals surface area contributed by atoms with Crippen LogP contribution in [0.1, 0.15) is 52.9 Å². The van der Waals surface area contributed by atoms with Crippen molar-refractivity contribution in [3.05, 3.63) is 0 Å². The molecule has 1 fully saturated rings. The summed E-state index contributed by atoms with van der Waals surface area (Å²) in [6, 6.07) is 1.28. The van der Waals surface area contributed by atoms with Crippen molar-refractivity contribution in [2.24, 2.45) is 5.92 Å². The molecule has 2 nitrogen and oxygen atoms in total. The molecule has 0 heterocycles. The van der Waals surface area contributed by atoms with Crippen LogP contribution in [0.3, 0.4) is 0 Å². The van der Waals surface area contributed by atoms with Crippen LogP contribution in [0.5, 0.6) is 0 Å². The van der Waals surface area contributed by atoms with E-state index in [1.807, 2.05) is 0 Å². The van der Waals surface area contributed by atoms with Crippen molar-refractivity contribution >= 4 is 5.78 Å². The Kier molecular flexibility index (Phi) is 4.78. The average Bonchev–Trinajstić information content (AvgIpc) is 2.17. The molecule has 0 saturated heterocycles. The van der Waals surface area contributed by atoms with E-state index >= 15 is 0 Å². The number of nitrogens with zero attached hydrogens (tertiary/aromatic N) is 1. The largest absolute Gasteiger partial charge is 0.301 e. The van der Waals surface area contributed by atoms with Crippen LogP contribution in [0.2, 0.25) is 0 Å². The summed E-state index contributed by atoms with van der Waals surface area (Å²) in [4.78, 5) is 13.6. The van der Waals surface area contributed by atoms with Crippen LogP contribution in [0.25, 0.3) is 0 Å². The summed E-state index contributed by atoms with van der Waals surface area (Å²) in [6.07, 6.45) is 4.98. The second kappa shape index (κ2) is 5.64. The first-order valence-electron chi connectivity index (χ1n) is 6.24. The third kappa shape index (κ3) is 3.94. The zero-order valence-corrected chi connectivity index (χ0v) is 10.6. The predicted octanol–water partition coefficient (Wildman–Crippen LogP) is 2.86. The summed E-state index contributed by atoms with van der Waals surface area (Å²) in [7, 11) is 2.22. The molecular weight excluding hydrogens is 186 g/mol. The summed E-state index contributed by atoms with van der Waals surface area (Å²) < 4.78 is 0. The van der Waals surface area contributed by atoms with E-state index in [9.17, 15) is 4.79 Å². The van der Waals surface area contributed by atoms with Gasteiger partial charge in [-0.15, -0.1) is 0 Å². The Morgan fingerprint density at radius 1 is 1.27 bits per heavy atom. The third-order valence-corrected chi connectivity index (χ3v) is 3.60. The van der Waals surface area contributed by atoms with Gasteiger partial charge in [0.05, 0.1) is 0 Å². The number of Topliss-reactive ketones (excluding diaryl/α,β-unsaturated/α-hetero) is 1. The van der Waals surface area contributed by atoms with Crippen molar-refractivity contribution in [2.45, 2.75) is 65.0 Å². The molecule has 0 bridgehead atoms. The zero-order valence-electron chi connectivity index (χ0n) is 10.6. The topological polar surface area (TPSA) is 20.3 Å². The molecule has 1 unspecified atom stereocenters. The molecule has 1 aliphatic rings. The monoisotopic (exact) mass is 211 g/mol. The summed E-state index contributed by atoms with van der Waals surface area (Å²) in [5.74, 6) is 1.21. The number of hydrogen-bond donors (Lipinski definition) is 0. The van der Waals surface area contributed by atoms with Crippen LogP contribution in [-0.2, 0) is 4.79 Å². The van der Waals surface area contributed by atoms with Gasteiger partial charge in [0.15, 0.2) is 0 Å². The van der Waals surface area contributed by atoms with Gasteiger partial charge < -0.3 is 4.90 Å². The highest BCUT2D eigenvalue weighted by molar-refractivity contribution is 5.79. The van der Waals surface area contributed by atoms with Crippen LogP contribution in [0, 0.1) is 5.92 Å². The zero-order chi connectivity index (χ0) is 11.4. The van der Waals surface area contributed by atoms with Crippen molar-refractivity contribution in [1.29, 1.82) is 0 Å². The SMILES string of the molecule is CC(C)CC(C)N(C)C1CCC(=O)CC1. The Morgan fingerprint density at radius 2 is 1.80 bits per heavy atom. The van der Waals surface area contributed by atoms with Crippen molar-refractivity contribution in [1.82, 2.24) is 4.90 Å². The van der Waals surface area contributed by atoms with Crippen LogP contribution in [-0.4, -0.2) is 29.8 Å². The highest BCUT2D eigenvalue weighted by atomic mass is 16.1. The molecule has 0 aromatic carbocycles. The van der Waals surface area contributed by atoms with Gasteiger partial charge in [0.1, 0.15) is 5.78 Å². The van der Waals surface area contributed by atoms with Gasteiger partial charge in [0.25, 0.3) is 0 Å². The van der Waals surface area contributed by atoms with E-state index in [0.717, 1.165) is 31.6 Å². The maximum Gasteiger partial charge on any atom is 0.133 e. The standard InChI is InChI=1S/C13H25NO/c1-10(2)9-11(3)14(4)12-5-7-13(15)8-6-12/h10-12H,5-9H2,1-4H3. The maximum atomic E-state index is 11.2. The molecule has 88 valence electrons. The van der Waals surface area contributed by atoms with Gasteiger partial charge in [-0.2, -0.15) is 0 Å². The quantitative estimate of drug-likeness (QED) is 0.712.